The largest absolute Gasteiger partial charge is 0.358 e. The number of aldehydes is 1. The van der Waals surface area contributed by atoms with E-state index in [9.17, 15) is 4.79 Å². The van der Waals surface area contributed by atoms with Gasteiger partial charge in [-0.05, 0) is 31.3 Å². The first-order chi connectivity index (χ1) is 13.6. The standard InChI is InChI=1S/C19H19ClN6OS.2ClH/c1-25-7-8-26(14(11-25)12-27)13-5-6-17(21-9-13)24-18-4-2-3-15(23-18)19-22-10-16(20)28-19;;/h2-6,9-10,12,14H,7-8,11H2,1H3,(H,21,23,24);2*1H. The molecule has 1 fully saturated rings. The van der Waals surface area contributed by atoms with Crippen molar-refractivity contribution in [3.63, 3.8) is 0 Å². The number of pyridine rings is 2. The molecular weight excluding hydrogens is 467 g/mol. The summed E-state index contributed by atoms with van der Waals surface area (Å²) >= 11 is 7.35. The molecule has 1 atom stereocenters. The fourth-order valence-electron chi connectivity index (χ4n) is 3.15. The number of carbonyl (C=O) groups excluding carboxylic acids is 1. The number of thiazole rings is 1. The van der Waals surface area contributed by atoms with E-state index in [2.05, 4.69) is 30.1 Å². The van der Waals surface area contributed by atoms with Crippen LogP contribution in [0.15, 0.2) is 42.7 Å². The third kappa shape index (κ3) is 5.59. The van der Waals surface area contributed by atoms with Gasteiger partial charge in [-0.2, -0.15) is 0 Å². The highest BCUT2D eigenvalue weighted by Crippen LogP contribution is 2.28. The summed E-state index contributed by atoms with van der Waals surface area (Å²) in [6.45, 7) is 2.44. The van der Waals surface area contributed by atoms with Crippen LogP contribution in [0, 0.1) is 0 Å². The van der Waals surface area contributed by atoms with Crippen molar-refractivity contribution in [3.05, 3.63) is 47.1 Å². The number of halogens is 3. The Morgan fingerprint density at radius 2 is 1.97 bits per heavy atom. The summed E-state index contributed by atoms with van der Waals surface area (Å²) in [6, 6.07) is 9.39. The molecule has 0 bridgehead atoms. The van der Waals surface area contributed by atoms with Gasteiger partial charge in [0.25, 0.3) is 0 Å². The molecule has 3 aromatic heterocycles. The van der Waals surface area contributed by atoms with Crippen LogP contribution in [0.1, 0.15) is 0 Å². The molecule has 0 radical (unpaired) electrons. The fourth-order valence-corrected chi connectivity index (χ4v) is 4.03. The topological polar surface area (TPSA) is 74.2 Å². The van der Waals surface area contributed by atoms with Crippen LogP contribution >= 0.6 is 47.8 Å². The second-order valence-electron chi connectivity index (χ2n) is 6.56. The minimum absolute atomic E-state index is 0. The lowest BCUT2D eigenvalue weighted by atomic mass is 10.1. The highest BCUT2D eigenvalue weighted by molar-refractivity contribution is 7.18. The molecule has 4 heterocycles. The summed E-state index contributed by atoms with van der Waals surface area (Å²) < 4.78 is 0.630. The van der Waals surface area contributed by atoms with Gasteiger partial charge in [-0.3, -0.25) is 0 Å². The van der Waals surface area contributed by atoms with Crippen LogP contribution in [0.4, 0.5) is 17.3 Å². The zero-order valence-corrected chi connectivity index (χ0v) is 19.3. The van der Waals surface area contributed by atoms with Gasteiger partial charge in [0.05, 0.1) is 24.1 Å². The van der Waals surface area contributed by atoms with Crippen LogP contribution in [0.5, 0.6) is 0 Å². The second-order valence-corrected chi connectivity index (χ2v) is 8.23. The number of likely N-dealkylation sites (N-methyl/N-ethyl adjacent to an activating group) is 1. The molecule has 0 aliphatic carbocycles. The second kappa shape index (κ2) is 10.9. The van der Waals surface area contributed by atoms with Crippen molar-refractivity contribution in [2.75, 3.05) is 36.9 Å². The number of nitrogens with zero attached hydrogens (tertiary/aromatic N) is 5. The lowest BCUT2D eigenvalue weighted by Gasteiger charge is -2.38. The van der Waals surface area contributed by atoms with Crippen molar-refractivity contribution < 1.29 is 4.79 Å². The molecule has 0 amide bonds. The maximum absolute atomic E-state index is 11.4. The quantitative estimate of drug-likeness (QED) is 0.542. The van der Waals surface area contributed by atoms with Crippen LogP contribution in [0.25, 0.3) is 10.7 Å². The van der Waals surface area contributed by atoms with E-state index in [0.29, 0.717) is 16.0 Å². The molecule has 3 aromatic rings. The molecule has 1 aliphatic heterocycles. The highest BCUT2D eigenvalue weighted by Gasteiger charge is 2.25. The van der Waals surface area contributed by atoms with E-state index in [-0.39, 0.29) is 30.9 Å². The van der Waals surface area contributed by atoms with Crippen molar-refractivity contribution in [1.29, 1.82) is 0 Å². The van der Waals surface area contributed by atoms with Crippen LogP contribution in [0.3, 0.4) is 0 Å². The van der Waals surface area contributed by atoms with E-state index in [4.69, 9.17) is 11.6 Å². The number of hydrogen-bond donors (Lipinski definition) is 1. The number of hydrogen-bond acceptors (Lipinski definition) is 8. The zero-order chi connectivity index (χ0) is 19.5. The minimum Gasteiger partial charge on any atom is -0.358 e. The van der Waals surface area contributed by atoms with Gasteiger partial charge in [0.2, 0.25) is 0 Å². The van der Waals surface area contributed by atoms with Gasteiger partial charge in [0.1, 0.15) is 33.0 Å². The van der Waals surface area contributed by atoms with Gasteiger partial charge in [-0.1, -0.05) is 17.7 Å². The molecule has 1 saturated heterocycles. The molecule has 160 valence electrons. The molecule has 7 nitrogen and oxygen atoms in total. The normalized spacial score (nSPS) is 16.3. The maximum atomic E-state index is 11.4. The van der Waals surface area contributed by atoms with Gasteiger partial charge in [-0.15, -0.1) is 36.2 Å². The monoisotopic (exact) mass is 486 g/mol. The SMILES string of the molecule is CN1CCN(c2ccc(Nc3cccc(-c4ncc(Cl)s4)n3)nc2)C(C=O)C1.Cl.Cl. The predicted octanol–water partition coefficient (Wildman–Crippen LogP) is 4.16. The molecule has 30 heavy (non-hydrogen) atoms. The van der Waals surface area contributed by atoms with E-state index in [1.54, 1.807) is 12.4 Å². The molecule has 1 unspecified atom stereocenters. The van der Waals surface area contributed by atoms with Gasteiger partial charge in [-0.25, -0.2) is 15.0 Å². The summed E-state index contributed by atoms with van der Waals surface area (Å²) in [7, 11) is 2.03. The summed E-state index contributed by atoms with van der Waals surface area (Å²) in [5.74, 6) is 1.36. The Morgan fingerprint density at radius 3 is 2.63 bits per heavy atom. The van der Waals surface area contributed by atoms with E-state index in [0.717, 1.165) is 42.3 Å². The van der Waals surface area contributed by atoms with Gasteiger partial charge in [0.15, 0.2) is 0 Å². The molecule has 0 saturated carbocycles. The van der Waals surface area contributed by atoms with Crippen molar-refractivity contribution >= 4 is 71.4 Å². The third-order valence-corrected chi connectivity index (χ3v) is 5.70. The first-order valence-corrected chi connectivity index (χ1v) is 10.0. The molecule has 11 heteroatoms. The van der Waals surface area contributed by atoms with Crippen molar-refractivity contribution in [3.8, 4) is 10.7 Å². The first kappa shape index (κ1) is 24.3. The summed E-state index contributed by atoms with van der Waals surface area (Å²) in [6.07, 6.45) is 4.41. The Morgan fingerprint density at radius 1 is 1.13 bits per heavy atom. The fraction of sp³-hybridized carbons (Fsp3) is 0.263. The number of anilines is 3. The number of aromatic nitrogens is 3. The van der Waals surface area contributed by atoms with Crippen LogP contribution in [0.2, 0.25) is 4.34 Å². The van der Waals surface area contributed by atoms with Crippen molar-refractivity contribution in [2.24, 2.45) is 0 Å². The number of rotatable bonds is 5. The third-order valence-electron chi connectivity index (χ3n) is 4.56. The van der Waals surface area contributed by atoms with E-state index in [1.165, 1.54) is 11.3 Å². The Kier molecular flexibility index (Phi) is 8.81. The van der Waals surface area contributed by atoms with E-state index < -0.39 is 0 Å². The van der Waals surface area contributed by atoms with Crippen molar-refractivity contribution in [1.82, 2.24) is 19.9 Å². The Bertz CT molecular complexity index is 971. The molecule has 1 N–H and O–H groups in total. The van der Waals surface area contributed by atoms with Gasteiger partial charge in [0, 0.05) is 19.6 Å². The Labute approximate surface area is 196 Å². The molecular formula is C19H21Cl3N6OS. The average molecular weight is 488 g/mol. The summed E-state index contributed by atoms with van der Waals surface area (Å²) in [5.41, 5.74) is 1.69. The van der Waals surface area contributed by atoms with Gasteiger partial charge >= 0.3 is 0 Å². The zero-order valence-electron chi connectivity index (χ0n) is 16.1. The first-order valence-electron chi connectivity index (χ1n) is 8.85. The van der Waals surface area contributed by atoms with E-state index >= 15 is 0 Å². The lowest BCUT2D eigenvalue weighted by molar-refractivity contribution is -0.109. The highest BCUT2D eigenvalue weighted by atomic mass is 35.5. The predicted molar refractivity (Wildman–Crippen MR) is 127 cm³/mol. The molecule has 0 aromatic carbocycles. The van der Waals surface area contributed by atoms with Crippen LogP contribution in [-0.4, -0.2) is 58.9 Å². The Balaban J connectivity index is 0.00000160. The summed E-state index contributed by atoms with van der Waals surface area (Å²) in [5, 5.41) is 3.98. The van der Waals surface area contributed by atoms with Crippen molar-refractivity contribution in [2.45, 2.75) is 6.04 Å². The smallest absolute Gasteiger partial charge is 0.143 e. The number of piperazine rings is 1. The average Bonchev–Trinajstić information content (AvgIpc) is 3.15. The Hall–Kier alpha value is -1.97. The number of nitrogens with one attached hydrogen (secondary N) is 1. The van der Waals surface area contributed by atoms with Gasteiger partial charge < -0.3 is 19.9 Å². The van der Waals surface area contributed by atoms with Crippen LogP contribution in [-0.2, 0) is 4.79 Å². The number of carbonyl (C=O) groups is 1. The summed E-state index contributed by atoms with van der Waals surface area (Å²) in [4.78, 5) is 29.0. The van der Waals surface area contributed by atoms with E-state index in [1.807, 2.05) is 37.4 Å². The maximum Gasteiger partial charge on any atom is 0.143 e. The molecule has 1 aliphatic rings. The lowest BCUT2D eigenvalue weighted by Crippen LogP contribution is -2.52. The molecule has 4 rings (SSSR count). The van der Waals surface area contributed by atoms with Crippen LogP contribution < -0.4 is 10.2 Å². The molecule has 0 spiro atoms. The minimum atomic E-state index is -0.150.